The molecule has 0 radical (unpaired) electrons. The first-order chi connectivity index (χ1) is 8.63. The molecule has 0 saturated carbocycles. The molecule has 6 heteroatoms. The molecule has 0 aromatic heterocycles. The van der Waals surface area contributed by atoms with Crippen LogP contribution >= 0.6 is 0 Å². The molecule has 2 rings (SSSR count). The standard InChI is InChI=1S/C12H13NO5/c1-17-10-5-3-2-4-9(10)13-6-8(11(14)15)7-18-12(13)16/h2-5,8H,6-7H2,1H3,(H,14,15). The van der Waals surface area contributed by atoms with Crippen molar-refractivity contribution in [3.05, 3.63) is 24.3 Å². The summed E-state index contributed by atoms with van der Waals surface area (Å²) < 4.78 is 10.0. The van der Waals surface area contributed by atoms with Gasteiger partial charge in [0.1, 0.15) is 18.3 Å². The Balaban J connectivity index is 2.29. The molecule has 96 valence electrons. The largest absolute Gasteiger partial charge is 0.495 e. The Bertz CT molecular complexity index is 473. The molecule has 1 aromatic rings. The van der Waals surface area contributed by atoms with E-state index in [1.807, 2.05) is 0 Å². The van der Waals surface area contributed by atoms with Gasteiger partial charge in [0.2, 0.25) is 0 Å². The summed E-state index contributed by atoms with van der Waals surface area (Å²) in [5.74, 6) is -1.21. The van der Waals surface area contributed by atoms with Gasteiger partial charge in [0.15, 0.2) is 0 Å². The molecule has 1 unspecified atom stereocenters. The third kappa shape index (κ3) is 2.22. The number of hydrogen-bond donors (Lipinski definition) is 1. The van der Waals surface area contributed by atoms with Crippen molar-refractivity contribution in [3.63, 3.8) is 0 Å². The van der Waals surface area contributed by atoms with Crippen molar-refractivity contribution in [2.45, 2.75) is 0 Å². The number of ether oxygens (including phenoxy) is 2. The lowest BCUT2D eigenvalue weighted by Gasteiger charge is -2.30. The highest BCUT2D eigenvalue weighted by atomic mass is 16.6. The maximum absolute atomic E-state index is 11.7. The van der Waals surface area contributed by atoms with Gasteiger partial charge in [0.05, 0.1) is 12.8 Å². The number of carboxylic acid groups (broad SMARTS) is 1. The molecule has 1 heterocycles. The van der Waals surface area contributed by atoms with Crippen LogP contribution in [0, 0.1) is 5.92 Å². The van der Waals surface area contributed by atoms with E-state index >= 15 is 0 Å². The van der Waals surface area contributed by atoms with E-state index in [1.54, 1.807) is 24.3 Å². The first-order valence-electron chi connectivity index (χ1n) is 5.43. The van der Waals surface area contributed by atoms with Crippen LogP contribution in [0.5, 0.6) is 5.75 Å². The van der Waals surface area contributed by atoms with Crippen molar-refractivity contribution in [1.29, 1.82) is 0 Å². The number of cyclic esters (lactones) is 1. The number of carbonyl (C=O) groups excluding carboxylic acids is 1. The normalized spacial score (nSPS) is 19.3. The molecule has 1 aromatic carbocycles. The van der Waals surface area contributed by atoms with Crippen molar-refractivity contribution in [1.82, 2.24) is 0 Å². The van der Waals surface area contributed by atoms with Crippen LogP contribution in [0.25, 0.3) is 0 Å². The molecule has 1 atom stereocenters. The van der Waals surface area contributed by atoms with E-state index in [9.17, 15) is 9.59 Å². The lowest BCUT2D eigenvalue weighted by Crippen LogP contribution is -2.46. The molecule has 18 heavy (non-hydrogen) atoms. The second kappa shape index (κ2) is 4.95. The molecule has 0 spiro atoms. The third-order valence-electron chi connectivity index (χ3n) is 2.76. The van der Waals surface area contributed by atoms with Gasteiger partial charge in [-0.15, -0.1) is 0 Å². The van der Waals surface area contributed by atoms with Crippen LogP contribution in [0.15, 0.2) is 24.3 Å². The Morgan fingerprint density at radius 2 is 2.22 bits per heavy atom. The number of anilines is 1. The number of benzene rings is 1. The molecule has 1 aliphatic heterocycles. The van der Waals surface area contributed by atoms with Gasteiger partial charge in [-0.1, -0.05) is 12.1 Å². The summed E-state index contributed by atoms with van der Waals surface area (Å²) in [4.78, 5) is 23.9. The predicted molar refractivity (Wildman–Crippen MR) is 62.8 cm³/mol. The Labute approximate surface area is 104 Å². The molecule has 0 aliphatic carbocycles. The average molecular weight is 251 g/mol. The van der Waals surface area contributed by atoms with E-state index in [0.717, 1.165) is 0 Å². The minimum Gasteiger partial charge on any atom is -0.495 e. The molecule has 6 nitrogen and oxygen atoms in total. The number of amides is 1. The summed E-state index contributed by atoms with van der Waals surface area (Å²) in [5.41, 5.74) is 0.510. The van der Waals surface area contributed by atoms with Crippen molar-refractivity contribution in [3.8, 4) is 5.75 Å². The van der Waals surface area contributed by atoms with Crippen LogP contribution in [0.4, 0.5) is 10.5 Å². The summed E-state index contributed by atoms with van der Waals surface area (Å²) >= 11 is 0. The molecule has 1 amide bonds. The van der Waals surface area contributed by atoms with E-state index in [1.165, 1.54) is 12.0 Å². The fourth-order valence-electron chi connectivity index (χ4n) is 1.80. The smallest absolute Gasteiger partial charge is 0.414 e. The number of hydrogen-bond acceptors (Lipinski definition) is 4. The highest BCUT2D eigenvalue weighted by Gasteiger charge is 2.33. The molecule has 1 N–H and O–H groups in total. The molecule has 0 bridgehead atoms. The van der Waals surface area contributed by atoms with Gasteiger partial charge >= 0.3 is 12.1 Å². The minimum atomic E-state index is -0.984. The van der Waals surface area contributed by atoms with E-state index in [2.05, 4.69) is 0 Å². The lowest BCUT2D eigenvalue weighted by atomic mass is 10.1. The van der Waals surface area contributed by atoms with E-state index in [-0.39, 0.29) is 13.2 Å². The zero-order valence-corrected chi connectivity index (χ0v) is 9.83. The molecule has 1 fully saturated rings. The molecular weight excluding hydrogens is 238 g/mol. The van der Waals surface area contributed by atoms with Crippen molar-refractivity contribution < 1.29 is 24.2 Å². The maximum Gasteiger partial charge on any atom is 0.414 e. The number of methoxy groups -OCH3 is 1. The lowest BCUT2D eigenvalue weighted by molar-refractivity contribution is -0.143. The van der Waals surface area contributed by atoms with Gasteiger partial charge in [-0.05, 0) is 12.1 Å². The number of nitrogens with zero attached hydrogens (tertiary/aromatic N) is 1. The second-order valence-corrected chi connectivity index (χ2v) is 3.89. The summed E-state index contributed by atoms with van der Waals surface area (Å²) in [6.07, 6.45) is -0.558. The summed E-state index contributed by atoms with van der Waals surface area (Å²) in [7, 11) is 1.49. The van der Waals surface area contributed by atoms with Gasteiger partial charge in [-0.3, -0.25) is 9.69 Å². The van der Waals surface area contributed by atoms with E-state index < -0.39 is 18.0 Å². The van der Waals surface area contributed by atoms with Crippen LogP contribution in [0.2, 0.25) is 0 Å². The topological polar surface area (TPSA) is 76.1 Å². The Morgan fingerprint density at radius 1 is 1.50 bits per heavy atom. The number of carbonyl (C=O) groups is 2. The quantitative estimate of drug-likeness (QED) is 0.877. The molecular formula is C12H13NO5. The Morgan fingerprint density at radius 3 is 2.89 bits per heavy atom. The van der Waals surface area contributed by atoms with E-state index in [0.29, 0.717) is 11.4 Å². The number of rotatable bonds is 3. The Kier molecular flexibility index (Phi) is 3.36. The zero-order chi connectivity index (χ0) is 13.1. The van der Waals surface area contributed by atoms with Gasteiger partial charge in [0.25, 0.3) is 0 Å². The van der Waals surface area contributed by atoms with Crippen LogP contribution in [-0.4, -0.2) is 37.4 Å². The molecule has 1 saturated heterocycles. The second-order valence-electron chi connectivity index (χ2n) is 3.89. The van der Waals surface area contributed by atoms with Crippen molar-refractivity contribution in [2.24, 2.45) is 5.92 Å². The predicted octanol–water partition coefficient (Wildman–Crippen LogP) is 1.35. The zero-order valence-electron chi connectivity index (χ0n) is 9.83. The average Bonchev–Trinajstić information content (AvgIpc) is 2.39. The maximum atomic E-state index is 11.7. The van der Waals surface area contributed by atoms with Gasteiger partial charge in [-0.2, -0.15) is 0 Å². The highest BCUT2D eigenvalue weighted by Crippen LogP contribution is 2.30. The van der Waals surface area contributed by atoms with Crippen LogP contribution in [0.3, 0.4) is 0 Å². The van der Waals surface area contributed by atoms with Crippen LogP contribution < -0.4 is 9.64 Å². The number of para-hydroxylation sites is 2. The van der Waals surface area contributed by atoms with Gasteiger partial charge in [0, 0.05) is 6.54 Å². The fourth-order valence-corrected chi connectivity index (χ4v) is 1.80. The molecule has 1 aliphatic rings. The van der Waals surface area contributed by atoms with Crippen LogP contribution in [0.1, 0.15) is 0 Å². The fraction of sp³-hybridized carbons (Fsp3) is 0.333. The monoisotopic (exact) mass is 251 g/mol. The van der Waals surface area contributed by atoms with Gasteiger partial charge in [-0.25, -0.2) is 4.79 Å². The summed E-state index contributed by atoms with van der Waals surface area (Å²) in [5, 5.41) is 8.97. The number of carboxylic acids is 1. The van der Waals surface area contributed by atoms with Gasteiger partial charge < -0.3 is 14.6 Å². The number of aliphatic carboxylic acids is 1. The first kappa shape index (κ1) is 12.2. The van der Waals surface area contributed by atoms with Crippen molar-refractivity contribution >= 4 is 17.7 Å². The third-order valence-corrected chi connectivity index (χ3v) is 2.76. The summed E-state index contributed by atoms with van der Waals surface area (Å²) in [6, 6.07) is 6.90. The SMILES string of the molecule is COc1ccccc1N1CC(C(=O)O)COC1=O. The minimum absolute atomic E-state index is 0.0779. The first-order valence-corrected chi connectivity index (χ1v) is 5.43. The highest BCUT2D eigenvalue weighted by molar-refractivity contribution is 5.91. The summed E-state index contributed by atoms with van der Waals surface area (Å²) in [6.45, 7) is -0.0195. The van der Waals surface area contributed by atoms with E-state index in [4.69, 9.17) is 14.6 Å². The Hall–Kier alpha value is -2.24. The van der Waals surface area contributed by atoms with Crippen molar-refractivity contribution in [2.75, 3.05) is 25.2 Å². The van der Waals surface area contributed by atoms with Crippen LogP contribution in [-0.2, 0) is 9.53 Å².